The lowest BCUT2D eigenvalue weighted by Gasteiger charge is -2.15. The molecule has 0 saturated heterocycles. The first-order valence-corrected chi connectivity index (χ1v) is 11.0. The zero-order valence-corrected chi connectivity index (χ0v) is 18.9. The molecule has 0 bridgehead atoms. The van der Waals surface area contributed by atoms with Crippen molar-refractivity contribution < 1.29 is 41.0 Å². The van der Waals surface area contributed by atoms with E-state index in [1.165, 1.54) is 24.3 Å². The van der Waals surface area contributed by atoms with Gasteiger partial charge in [0.25, 0.3) is 0 Å². The van der Waals surface area contributed by atoms with Gasteiger partial charge in [0.2, 0.25) is 0 Å². The summed E-state index contributed by atoms with van der Waals surface area (Å²) in [5.41, 5.74) is -1.95. The average molecular weight is 508 g/mol. The van der Waals surface area contributed by atoms with E-state index in [2.05, 4.69) is 0 Å². The fraction of sp³-hybridized carbons (Fsp3) is 0.259. The maximum Gasteiger partial charge on any atom is 0.416 e. The Hall–Kier alpha value is -3.62. The fourth-order valence-corrected chi connectivity index (χ4v) is 3.82. The van der Waals surface area contributed by atoms with Crippen molar-refractivity contribution in [3.63, 3.8) is 0 Å². The molecule has 0 fully saturated rings. The molecule has 0 spiro atoms. The van der Waals surface area contributed by atoms with Gasteiger partial charge in [0.15, 0.2) is 5.78 Å². The Bertz CT molecular complexity index is 1170. The number of carbonyl (C=O) groups excluding carboxylic acids is 1. The molecule has 0 radical (unpaired) electrons. The summed E-state index contributed by atoms with van der Waals surface area (Å²) in [5, 5.41) is 9.51. The third-order valence-electron chi connectivity index (χ3n) is 5.77. The van der Waals surface area contributed by atoms with E-state index in [9.17, 15) is 41.0 Å². The highest BCUT2D eigenvalue weighted by Crippen LogP contribution is 2.38. The minimum Gasteiger partial charge on any atom is -0.481 e. The molecule has 1 N–H and O–H groups in total. The Balaban J connectivity index is 1.74. The van der Waals surface area contributed by atoms with Crippen LogP contribution in [-0.4, -0.2) is 16.9 Å². The Morgan fingerprint density at radius 2 is 1.31 bits per heavy atom. The quantitative estimate of drug-likeness (QED) is 0.238. The smallest absolute Gasteiger partial charge is 0.416 e. The van der Waals surface area contributed by atoms with Crippen molar-refractivity contribution in [1.82, 2.24) is 0 Å². The number of carbonyl (C=O) groups is 2. The molecule has 1 atom stereocenters. The summed E-state index contributed by atoms with van der Waals surface area (Å²) in [6, 6.07) is 15.8. The number of benzene rings is 3. The number of alkyl halides is 6. The highest BCUT2D eigenvalue weighted by atomic mass is 19.4. The van der Waals surface area contributed by atoms with Crippen LogP contribution in [0.25, 0.3) is 11.1 Å². The monoisotopic (exact) mass is 508 g/mol. The average Bonchev–Trinajstić information content (AvgIpc) is 2.82. The predicted octanol–water partition coefficient (Wildman–Crippen LogP) is 7.69. The van der Waals surface area contributed by atoms with Crippen LogP contribution >= 0.6 is 0 Å². The van der Waals surface area contributed by atoms with Crippen molar-refractivity contribution in [2.45, 2.75) is 38.0 Å². The van der Waals surface area contributed by atoms with E-state index in [0.29, 0.717) is 25.0 Å². The zero-order chi connectivity index (χ0) is 26.5. The van der Waals surface area contributed by atoms with Gasteiger partial charge in [-0.1, -0.05) is 54.6 Å². The third-order valence-corrected chi connectivity index (χ3v) is 5.77. The summed E-state index contributed by atoms with van der Waals surface area (Å²) < 4.78 is 78.8. The highest BCUT2D eigenvalue weighted by molar-refractivity contribution is 5.98. The SMILES string of the molecule is O=C(CC(CCCc1ccccc1)C(=O)O)c1ccc(-c2cc(C(F)(F)F)cc(C(F)(F)F)c2)cc1. The van der Waals surface area contributed by atoms with Gasteiger partial charge in [-0.2, -0.15) is 26.3 Å². The van der Waals surface area contributed by atoms with Crippen LogP contribution in [-0.2, 0) is 23.6 Å². The van der Waals surface area contributed by atoms with Gasteiger partial charge in [-0.25, -0.2) is 0 Å². The first-order valence-electron chi connectivity index (χ1n) is 11.0. The van der Waals surface area contributed by atoms with E-state index in [4.69, 9.17) is 0 Å². The maximum absolute atomic E-state index is 13.1. The van der Waals surface area contributed by atoms with Gasteiger partial charge in [0.05, 0.1) is 17.0 Å². The highest BCUT2D eigenvalue weighted by Gasteiger charge is 2.37. The number of carboxylic acid groups (broad SMARTS) is 1. The second kappa shape index (κ2) is 11.0. The number of halogens is 6. The molecule has 0 aliphatic rings. The second-order valence-electron chi connectivity index (χ2n) is 8.41. The van der Waals surface area contributed by atoms with E-state index >= 15 is 0 Å². The van der Waals surface area contributed by atoms with Crippen LogP contribution in [0.5, 0.6) is 0 Å². The van der Waals surface area contributed by atoms with Crippen molar-refractivity contribution in [3.05, 3.63) is 95.1 Å². The molecule has 0 saturated carbocycles. The molecule has 3 aromatic carbocycles. The van der Waals surface area contributed by atoms with E-state index in [1.807, 2.05) is 30.3 Å². The number of hydrogen-bond donors (Lipinski definition) is 1. The predicted molar refractivity (Wildman–Crippen MR) is 121 cm³/mol. The lowest BCUT2D eigenvalue weighted by Crippen LogP contribution is -2.18. The number of Topliss-reactive ketones (excluding diaryl/α,β-unsaturated/α-hetero) is 1. The second-order valence-corrected chi connectivity index (χ2v) is 8.41. The maximum atomic E-state index is 13.1. The van der Waals surface area contributed by atoms with Gasteiger partial charge in [0.1, 0.15) is 0 Å². The molecular weight excluding hydrogens is 486 g/mol. The van der Waals surface area contributed by atoms with Crippen LogP contribution in [0.15, 0.2) is 72.8 Å². The summed E-state index contributed by atoms with van der Waals surface area (Å²) in [6.45, 7) is 0. The molecular formula is C27H22F6O3. The molecule has 3 nitrogen and oxygen atoms in total. The zero-order valence-electron chi connectivity index (χ0n) is 18.9. The Morgan fingerprint density at radius 3 is 1.81 bits per heavy atom. The van der Waals surface area contributed by atoms with E-state index in [0.717, 1.165) is 5.56 Å². The minimum atomic E-state index is -4.97. The first kappa shape index (κ1) is 27.0. The fourth-order valence-electron chi connectivity index (χ4n) is 3.82. The number of ketones is 1. The van der Waals surface area contributed by atoms with Crippen molar-refractivity contribution in [3.8, 4) is 11.1 Å². The number of rotatable bonds is 9. The van der Waals surface area contributed by atoms with Crippen molar-refractivity contribution in [2.75, 3.05) is 0 Å². The van der Waals surface area contributed by atoms with Crippen molar-refractivity contribution >= 4 is 11.8 Å². The van der Waals surface area contributed by atoms with Crippen molar-refractivity contribution in [2.24, 2.45) is 5.92 Å². The number of aliphatic carboxylic acids is 1. The summed E-state index contributed by atoms with van der Waals surface area (Å²) in [7, 11) is 0. The van der Waals surface area contributed by atoms with Crippen molar-refractivity contribution in [1.29, 1.82) is 0 Å². The number of hydrogen-bond acceptors (Lipinski definition) is 2. The standard InChI is InChI=1S/C27H22F6O3/c28-26(29,30)22-13-21(14-23(16-22)27(31,32)33)18-9-11-19(12-10-18)24(34)15-20(25(35)36)8-4-7-17-5-2-1-3-6-17/h1-3,5-6,9-14,16,20H,4,7-8,15H2,(H,35,36). The van der Waals surface area contributed by atoms with E-state index < -0.39 is 41.1 Å². The molecule has 0 heterocycles. The molecule has 3 rings (SSSR count). The molecule has 0 aromatic heterocycles. The van der Waals surface area contributed by atoms with Gasteiger partial charge in [-0.3, -0.25) is 9.59 Å². The topological polar surface area (TPSA) is 54.4 Å². The van der Waals surface area contributed by atoms with Crippen LogP contribution in [0, 0.1) is 5.92 Å². The van der Waals surface area contributed by atoms with Crippen LogP contribution in [0.3, 0.4) is 0 Å². The largest absolute Gasteiger partial charge is 0.481 e. The van der Waals surface area contributed by atoms with Crippen LogP contribution in [0.2, 0.25) is 0 Å². The lowest BCUT2D eigenvalue weighted by atomic mass is 9.92. The molecule has 0 aliphatic heterocycles. The number of carboxylic acids is 1. The van der Waals surface area contributed by atoms with Crippen LogP contribution < -0.4 is 0 Å². The van der Waals surface area contributed by atoms with Gasteiger partial charge in [-0.15, -0.1) is 0 Å². The third kappa shape index (κ3) is 7.19. The van der Waals surface area contributed by atoms with Gasteiger partial charge in [0, 0.05) is 12.0 Å². The first-order chi connectivity index (χ1) is 16.8. The summed E-state index contributed by atoms with van der Waals surface area (Å²) >= 11 is 0. The molecule has 190 valence electrons. The van der Waals surface area contributed by atoms with E-state index in [-0.39, 0.29) is 35.6 Å². The van der Waals surface area contributed by atoms with Crippen LogP contribution in [0.4, 0.5) is 26.3 Å². The Morgan fingerprint density at radius 1 is 0.750 bits per heavy atom. The van der Waals surface area contributed by atoms with Crippen LogP contribution in [0.1, 0.15) is 46.3 Å². The van der Waals surface area contributed by atoms with E-state index in [1.54, 1.807) is 0 Å². The van der Waals surface area contributed by atoms with Gasteiger partial charge < -0.3 is 5.11 Å². The molecule has 3 aromatic rings. The number of aryl methyl sites for hydroxylation is 1. The summed E-state index contributed by atoms with van der Waals surface area (Å²) in [6.07, 6.45) is -8.73. The minimum absolute atomic E-state index is 0.0469. The van der Waals surface area contributed by atoms with Gasteiger partial charge >= 0.3 is 18.3 Å². The molecule has 0 amide bonds. The van der Waals surface area contributed by atoms with Gasteiger partial charge in [-0.05, 0) is 54.2 Å². The molecule has 36 heavy (non-hydrogen) atoms. The Kier molecular flexibility index (Phi) is 8.22. The molecule has 9 heteroatoms. The normalized spacial score (nSPS) is 12.8. The Labute approximate surface area is 203 Å². The summed E-state index contributed by atoms with van der Waals surface area (Å²) in [4.78, 5) is 24.3. The molecule has 0 aliphatic carbocycles. The summed E-state index contributed by atoms with van der Waals surface area (Å²) in [5.74, 6) is -2.51. The molecule has 1 unspecified atom stereocenters. The lowest BCUT2D eigenvalue weighted by molar-refractivity contribution is -0.143.